The Balaban J connectivity index is 2.14. The third-order valence-electron chi connectivity index (χ3n) is 5.68. The van der Waals surface area contributed by atoms with Gasteiger partial charge in [0.25, 0.3) is 0 Å². The molecule has 3 nitrogen and oxygen atoms in total. The lowest BCUT2D eigenvalue weighted by Crippen LogP contribution is -2.47. The summed E-state index contributed by atoms with van der Waals surface area (Å²) in [5.74, 6) is 0.286. The lowest BCUT2D eigenvalue weighted by atomic mass is 9.62. The van der Waals surface area contributed by atoms with E-state index in [9.17, 15) is 10.2 Å². The fraction of sp³-hybridized carbons (Fsp3) is 0.429. The quantitative estimate of drug-likeness (QED) is 0.710. The zero-order valence-corrected chi connectivity index (χ0v) is 14.8. The van der Waals surface area contributed by atoms with Gasteiger partial charge in [-0.1, -0.05) is 18.6 Å². The molecular formula is C21H27NO2. The summed E-state index contributed by atoms with van der Waals surface area (Å²) in [5, 5.41) is 19.4. The number of piperidine rings is 1. The van der Waals surface area contributed by atoms with E-state index in [0.29, 0.717) is 5.41 Å². The Morgan fingerprint density at radius 1 is 1.25 bits per heavy atom. The minimum absolute atomic E-state index is 0.286. The number of rotatable bonds is 2. The molecule has 3 heteroatoms. The van der Waals surface area contributed by atoms with E-state index in [1.165, 1.54) is 36.8 Å². The van der Waals surface area contributed by atoms with Crippen LogP contribution in [0.1, 0.15) is 46.5 Å². The highest BCUT2D eigenvalue weighted by atomic mass is 16.3. The molecule has 0 atom stereocenters. The highest BCUT2D eigenvalue weighted by Crippen LogP contribution is 2.53. The van der Waals surface area contributed by atoms with Crippen molar-refractivity contribution >= 4 is 5.69 Å². The van der Waals surface area contributed by atoms with Crippen molar-refractivity contribution in [3.63, 3.8) is 0 Å². The second-order valence-corrected chi connectivity index (χ2v) is 7.24. The molecule has 2 aliphatic rings. The van der Waals surface area contributed by atoms with Gasteiger partial charge >= 0.3 is 0 Å². The van der Waals surface area contributed by atoms with Crippen LogP contribution in [0, 0.1) is 5.41 Å². The van der Waals surface area contributed by atoms with E-state index < -0.39 is 0 Å². The molecule has 0 amide bonds. The van der Waals surface area contributed by atoms with Crippen LogP contribution in [0.5, 0.6) is 5.75 Å². The Kier molecular flexibility index (Phi) is 4.44. The van der Waals surface area contributed by atoms with Crippen LogP contribution >= 0.6 is 0 Å². The average Bonchev–Trinajstić information content (AvgIpc) is 2.57. The van der Waals surface area contributed by atoms with Gasteiger partial charge in [0.15, 0.2) is 0 Å². The smallest absolute Gasteiger partial charge is 0.117 e. The first kappa shape index (κ1) is 16.7. The first-order chi connectivity index (χ1) is 11.5. The Labute approximate surface area is 144 Å². The molecular weight excluding hydrogens is 298 g/mol. The number of anilines is 1. The predicted molar refractivity (Wildman–Crippen MR) is 99.2 cm³/mol. The van der Waals surface area contributed by atoms with E-state index in [2.05, 4.69) is 30.9 Å². The number of aliphatic hydroxyl groups is 1. The van der Waals surface area contributed by atoms with Gasteiger partial charge in [-0.2, -0.15) is 0 Å². The second-order valence-electron chi connectivity index (χ2n) is 7.24. The Morgan fingerprint density at radius 3 is 2.54 bits per heavy atom. The molecule has 3 rings (SSSR count). The van der Waals surface area contributed by atoms with Gasteiger partial charge in [-0.25, -0.2) is 0 Å². The first-order valence-corrected chi connectivity index (χ1v) is 8.74. The average molecular weight is 325 g/mol. The van der Waals surface area contributed by atoms with Gasteiger partial charge in [0.05, 0.1) is 6.26 Å². The van der Waals surface area contributed by atoms with Crippen LogP contribution in [0.4, 0.5) is 5.69 Å². The molecule has 1 spiro atoms. The molecule has 128 valence electrons. The maximum atomic E-state index is 9.94. The molecule has 1 aliphatic heterocycles. The summed E-state index contributed by atoms with van der Waals surface area (Å²) < 4.78 is 0. The van der Waals surface area contributed by atoms with Crippen molar-refractivity contribution in [2.24, 2.45) is 5.41 Å². The molecule has 1 saturated carbocycles. The SMILES string of the molecule is C/C=C1/CC2(CCC2)CN(c2cccc(O)c2)/C1=C(C)/C(C)=C/O. The summed E-state index contributed by atoms with van der Waals surface area (Å²) in [6.07, 6.45) is 8.33. The van der Waals surface area contributed by atoms with Crippen molar-refractivity contribution in [2.45, 2.75) is 46.5 Å². The van der Waals surface area contributed by atoms with E-state index in [1.54, 1.807) is 6.07 Å². The summed E-state index contributed by atoms with van der Waals surface area (Å²) in [7, 11) is 0. The van der Waals surface area contributed by atoms with Crippen LogP contribution in [-0.4, -0.2) is 16.8 Å². The number of phenolic OH excluding ortho intramolecular Hbond substituents is 1. The van der Waals surface area contributed by atoms with Crippen LogP contribution in [0.3, 0.4) is 0 Å². The Morgan fingerprint density at radius 2 is 2.00 bits per heavy atom. The van der Waals surface area contributed by atoms with Crippen LogP contribution < -0.4 is 4.90 Å². The highest BCUT2D eigenvalue weighted by Gasteiger charge is 2.44. The maximum Gasteiger partial charge on any atom is 0.117 e. The number of phenols is 1. The van der Waals surface area contributed by atoms with E-state index in [4.69, 9.17) is 0 Å². The first-order valence-electron chi connectivity index (χ1n) is 8.74. The molecule has 2 N–H and O–H groups in total. The lowest BCUT2D eigenvalue weighted by Gasteiger charge is -2.52. The van der Waals surface area contributed by atoms with E-state index in [-0.39, 0.29) is 5.75 Å². The van der Waals surface area contributed by atoms with Gasteiger partial charge < -0.3 is 15.1 Å². The minimum Gasteiger partial charge on any atom is -0.515 e. The maximum absolute atomic E-state index is 9.94. The normalized spacial score (nSPS) is 24.2. The molecule has 1 aromatic carbocycles. The van der Waals surface area contributed by atoms with E-state index in [1.807, 2.05) is 19.1 Å². The standard InChI is InChI=1S/C21H27NO2/c1-4-17-12-21(9-6-10-21)14-22(18-7-5-8-19(24)11-18)20(17)16(3)15(2)13-23/h4-5,7-8,11,13,23-24H,6,9-10,12,14H2,1-3H3/b15-13+,17-4-,20-16+. The molecule has 1 heterocycles. The Hall–Kier alpha value is -2.16. The van der Waals surface area contributed by atoms with Gasteiger partial charge in [-0.05, 0) is 74.3 Å². The monoisotopic (exact) mass is 325 g/mol. The van der Waals surface area contributed by atoms with Crippen molar-refractivity contribution in [2.75, 3.05) is 11.4 Å². The largest absolute Gasteiger partial charge is 0.515 e. The minimum atomic E-state index is 0.286. The number of hydrogen-bond acceptors (Lipinski definition) is 3. The Bertz CT molecular complexity index is 723. The zero-order valence-electron chi connectivity index (χ0n) is 14.8. The number of allylic oxidation sites excluding steroid dienone is 4. The zero-order chi connectivity index (χ0) is 17.3. The second kappa shape index (κ2) is 6.39. The topological polar surface area (TPSA) is 43.7 Å². The molecule has 0 aromatic heterocycles. The lowest BCUT2D eigenvalue weighted by molar-refractivity contribution is 0.135. The summed E-state index contributed by atoms with van der Waals surface area (Å²) in [6, 6.07) is 7.48. The third-order valence-corrected chi connectivity index (χ3v) is 5.68. The van der Waals surface area contributed by atoms with E-state index >= 15 is 0 Å². The number of benzene rings is 1. The summed E-state index contributed by atoms with van der Waals surface area (Å²) >= 11 is 0. The fourth-order valence-corrected chi connectivity index (χ4v) is 3.99. The van der Waals surface area contributed by atoms with Gasteiger partial charge in [-0.15, -0.1) is 0 Å². The highest BCUT2D eigenvalue weighted by molar-refractivity contribution is 5.63. The van der Waals surface area contributed by atoms with Crippen molar-refractivity contribution in [3.05, 3.63) is 59.0 Å². The summed E-state index contributed by atoms with van der Waals surface area (Å²) in [4.78, 5) is 2.33. The van der Waals surface area contributed by atoms with Gasteiger partial charge in [0, 0.05) is 24.0 Å². The molecule has 1 aliphatic carbocycles. The van der Waals surface area contributed by atoms with Gasteiger partial charge in [-0.3, -0.25) is 0 Å². The molecule has 1 aromatic rings. The molecule has 0 bridgehead atoms. The fourth-order valence-electron chi connectivity index (χ4n) is 3.99. The summed E-state index contributed by atoms with van der Waals surface area (Å²) in [6.45, 7) is 7.07. The number of hydrogen-bond donors (Lipinski definition) is 2. The van der Waals surface area contributed by atoms with Crippen LogP contribution in [0.2, 0.25) is 0 Å². The van der Waals surface area contributed by atoms with Crippen LogP contribution in [0.15, 0.2) is 59.0 Å². The van der Waals surface area contributed by atoms with Gasteiger partial charge in [0.1, 0.15) is 5.75 Å². The van der Waals surface area contributed by atoms with Crippen molar-refractivity contribution in [1.82, 2.24) is 0 Å². The van der Waals surface area contributed by atoms with Crippen molar-refractivity contribution in [3.8, 4) is 5.75 Å². The molecule has 0 unspecified atom stereocenters. The third kappa shape index (κ3) is 2.83. The summed E-state index contributed by atoms with van der Waals surface area (Å²) in [5.41, 5.74) is 5.84. The van der Waals surface area contributed by atoms with E-state index in [0.717, 1.165) is 29.8 Å². The molecule has 1 saturated heterocycles. The number of aromatic hydroxyl groups is 1. The predicted octanol–water partition coefficient (Wildman–Crippen LogP) is 5.45. The van der Waals surface area contributed by atoms with Crippen LogP contribution in [-0.2, 0) is 0 Å². The van der Waals surface area contributed by atoms with Crippen molar-refractivity contribution < 1.29 is 10.2 Å². The van der Waals surface area contributed by atoms with Gasteiger partial charge in [0.2, 0.25) is 0 Å². The van der Waals surface area contributed by atoms with Crippen molar-refractivity contribution in [1.29, 1.82) is 0 Å². The number of aliphatic hydroxyl groups excluding tert-OH is 1. The molecule has 0 radical (unpaired) electrons. The molecule has 2 fully saturated rings. The number of nitrogens with zero attached hydrogens (tertiary/aromatic N) is 1. The van der Waals surface area contributed by atoms with Crippen LogP contribution in [0.25, 0.3) is 0 Å². The molecule has 24 heavy (non-hydrogen) atoms.